The van der Waals surface area contributed by atoms with E-state index in [-0.39, 0.29) is 5.70 Å². The fraction of sp³-hybridized carbons (Fsp3) is 0.240. The van der Waals surface area contributed by atoms with Gasteiger partial charge in [-0.15, -0.1) is 0 Å². The average molecular weight is 427 g/mol. The van der Waals surface area contributed by atoms with Gasteiger partial charge in [-0.25, -0.2) is 15.1 Å². The van der Waals surface area contributed by atoms with Crippen molar-refractivity contribution in [2.24, 2.45) is 0 Å². The summed E-state index contributed by atoms with van der Waals surface area (Å²) < 4.78 is 5.81. The minimum Gasteiger partial charge on any atom is -0.462 e. The van der Waals surface area contributed by atoms with Gasteiger partial charge in [0.2, 0.25) is 0 Å². The quantitative estimate of drug-likeness (QED) is 0.423. The summed E-state index contributed by atoms with van der Waals surface area (Å²) in [6.07, 6.45) is 11.0. The minimum atomic E-state index is 0.0590. The van der Waals surface area contributed by atoms with Gasteiger partial charge in [0.1, 0.15) is 11.5 Å². The summed E-state index contributed by atoms with van der Waals surface area (Å²) in [5.41, 5.74) is 2.67. The van der Waals surface area contributed by atoms with Crippen LogP contribution in [0, 0.1) is 17.9 Å². The van der Waals surface area contributed by atoms with Gasteiger partial charge in [-0.3, -0.25) is 0 Å². The van der Waals surface area contributed by atoms with Crippen molar-refractivity contribution in [3.8, 4) is 17.3 Å². The van der Waals surface area contributed by atoms with Crippen molar-refractivity contribution < 1.29 is 4.74 Å². The van der Waals surface area contributed by atoms with Gasteiger partial charge >= 0.3 is 0 Å². The molecule has 0 unspecified atom stereocenters. The van der Waals surface area contributed by atoms with E-state index in [2.05, 4.69) is 21.9 Å². The van der Waals surface area contributed by atoms with E-state index in [9.17, 15) is 5.26 Å². The average Bonchev–Trinajstić information content (AvgIpc) is 3.24. The van der Waals surface area contributed by atoms with Gasteiger partial charge in [-0.2, -0.15) is 0 Å². The molecule has 3 heterocycles. The lowest BCUT2D eigenvalue weighted by atomic mass is 10.1. The van der Waals surface area contributed by atoms with Gasteiger partial charge in [-0.1, -0.05) is 41.7 Å². The second-order valence-corrected chi connectivity index (χ2v) is 8.40. The summed E-state index contributed by atoms with van der Waals surface area (Å²) >= 11 is 1.68. The fourth-order valence-electron chi connectivity index (χ4n) is 3.65. The maximum absolute atomic E-state index is 9.20. The molecule has 154 valence electrons. The topological polar surface area (TPSA) is 53.5 Å². The Hall–Kier alpha value is -3.61. The van der Waals surface area contributed by atoms with Crippen molar-refractivity contribution in [3.63, 3.8) is 0 Å². The number of rotatable bonds is 4. The van der Waals surface area contributed by atoms with Crippen molar-refractivity contribution in [1.29, 1.82) is 5.26 Å². The number of anilines is 1. The zero-order chi connectivity index (χ0) is 21.6. The molecule has 2 aliphatic rings. The molecule has 0 atom stereocenters. The van der Waals surface area contributed by atoms with Crippen LogP contribution in [0.4, 0.5) is 5.13 Å². The predicted molar refractivity (Wildman–Crippen MR) is 125 cm³/mol. The van der Waals surface area contributed by atoms with Crippen LogP contribution in [0.1, 0.15) is 31.1 Å². The number of aromatic nitrogens is 1. The van der Waals surface area contributed by atoms with Crippen LogP contribution in [0.15, 0.2) is 71.3 Å². The van der Waals surface area contributed by atoms with Gasteiger partial charge in [0.05, 0.1) is 23.2 Å². The highest BCUT2D eigenvalue weighted by Crippen LogP contribution is 2.35. The Kier molecular flexibility index (Phi) is 6.31. The number of hydrogen-bond donors (Lipinski definition) is 0. The zero-order valence-electron chi connectivity index (χ0n) is 17.3. The third kappa shape index (κ3) is 4.77. The first-order valence-electron chi connectivity index (χ1n) is 10.3. The third-order valence-electron chi connectivity index (χ3n) is 5.14. The minimum absolute atomic E-state index is 0.0590. The molecule has 1 aromatic heterocycles. The molecule has 0 saturated carbocycles. The molecule has 0 N–H and O–H groups in total. The highest BCUT2D eigenvalue weighted by atomic mass is 32.1. The highest BCUT2D eigenvalue weighted by molar-refractivity contribution is 7.16. The summed E-state index contributed by atoms with van der Waals surface area (Å²) in [5, 5.41) is 10.2. The summed E-state index contributed by atoms with van der Waals surface area (Å²) in [6, 6.07) is 12.1. The number of hydrogen-bond acceptors (Lipinski definition) is 5. The molecule has 0 spiro atoms. The molecule has 6 heteroatoms. The summed E-state index contributed by atoms with van der Waals surface area (Å²) in [4.78, 5) is 11.7. The Labute approximate surface area is 186 Å². The number of ether oxygens (including phenoxy) is 1. The van der Waals surface area contributed by atoms with Crippen molar-refractivity contribution in [2.75, 3.05) is 18.0 Å². The normalized spacial score (nSPS) is 18.0. The number of piperidine rings is 1. The van der Waals surface area contributed by atoms with E-state index in [1.807, 2.05) is 43.3 Å². The lowest BCUT2D eigenvalue weighted by Gasteiger charge is -2.25. The summed E-state index contributed by atoms with van der Waals surface area (Å²) in [6.45, 7) is 11.1. The van der Waals surface area contributed by atoms with Crippen molar-refractivity contribution in [1.82, 2.24) is 4.98 Å². The van der Waals surface area contributed by atoms with Crippen LogP contribution in [-0.4, -0.2) is 18.1 Å². The van der Waals surface area contributed by atoms with E-state index in [4.69, 9.17) is 16.3 Å². The van der Waals surface area contributed by atoms with Crippen LogP contribution < -0.4 is 4.90 Å². The Morgan fingerprint density at radius 1 is 1.19 bits per heavy atom. The van der Waals surface area contributed by atoms with Gasteiger partial charge in [-0.05, 0) is 56.1 Å². The maximum Gasteiger partial charge on any atom is 0.269 e. The third-order valence-corrected chi connectivity index (χ3v) is 6.22. The van der Waals surface area contributed by atoms with Crippen LogP contribution in [0.25, 0.3) is 22.2 Å². The molecular formula is C25H22N4OS. The second kappa shape index (κ2) is 9.47. The lowest BCUT2D eigenvalue weighted by molar-refractivity contribution is 0.318. The van der Waals surface area contributed by atoms with Crippen molar-refractivity contribution >= 4 is 22.5 Å². The monoisotopic (exact) mass is 426 g/mol. The number of nitriles is 1. The lowest BCUT2D eigenvalue weighted by Crippen LogP contribution is -2.29. The van der Waals surface area contributed by atoms with Crippen molar-refractivity contribution in [3.05, 3.63) is 87.6 Å². The molecule has 0 radical (unpaired) electrons. The number of thiazole rings is 1. The van der Waals surface area contributed by atoms with Crippen LogP contribution in [0.3, 0.4) is 0 Å². The molecule has 5 nitrogen and oxygen atoms in total. The first-order valence-corrected chi connectivity index (χ1v) is 11.1. The molecule has 2 aliphatic heterocycles. The van der Waals surface area contributed by atoms with E-state index in [1.165, 1.54) is 19.3 Å². The Morgan fingerprint density at radius 3 is 2.68 bits per heavy atom. The number of allylic oxidation sites excluding steroid dienone is 6. The second-order valence-electron chi connectivity index (χ2n) is 7.39. The van der Waals surface area contributed by atoms with Crippen LogP contribution >= 0.6 is 11.3 Å². The van der Waals surface area contributed by atoms with Gasteiger partial charge in [0, 0.05) is 18.7 Å². The standard InChI is InChI=1S/C25H22N4OS/c1-18-15-20(22(17-26)27-2)16-21(30-18)11-12-23-24(19-9-5-3-6-10-19)28-25(31-23)29-13-7-4-8-14-29/h3,5-6,9-12,15-16H,4,7-8,13-14H2,1H3/b12-11+,22-20-. The smallest absolute Gasteiger partial charge is 0.269 e. The van der Waals surface area contributed by atoms with E-state index < -0.39 is 0 Å². The fourth-order valence-corrected chi connectivity index (χ4v) is 4.69. The first kappa shape index (κ1) is 20.7. The number of nitrogens with zero attached hydrogens (tertiary/aromatic N) is 4. The SMILES string of the molecule is [C-]#[N+]/C(C#N)=C1/C=C(C)OC(/C=C/c2sc(N3CCCCC3)nc2-c2ccccc2)=C1. The first-order chi connectivity index (χ1) is 15.2. The summed E-state index contributed by atoms with van der Waals surface area (Å²) in [5.74, 6) is 1.24. The van der Waals surface area contributed by atoms with Crippen LogP contribution in [0.2, 0.25) is 0 Å². The largest absolute Gasteiger partial charge is 0.462 e. The van der Waals surface area contributed by atoms with E-state index in [0.29, 0.717) is 17.1 Å². The molecule has 31 heavy (non-hydrogen) atoms. The van der Waals surface area contributed by atoms with Crippen LogP contribution in [0.5, 0.6) is 0 Å². The van der Waals surface area contributed by atoms with Crippen molar-refractivity contribution in [2.45, 2.75) is 26.2 Å². The molecule has 0 bridgehead atoms. The Balaban J connectivity index is 1.69. The number of benzene rings is 1. The maximum atomic E-state index is 9.20. The molecular weight excluding hydrogens is 404 g/mol. The molecule has 0 aliphatic carbocycles. The van der Waals surface area contributed by atoms with E-state index >= 15 is 0 Å². The molecule has 2 aromatic rings. The molecule has 1 fully saturated rings. The van der Waals surface area contributed by atoms with Gasteiger partial charge in [0.25, 0.3) is 5.70 Å². The molecule has 0 amide bonds. The van der Waals surface area contributed by atoms with Gasteiger partial charge in [0.15, 0.2) is 5.13 Å². The van der Waals surface area contributed by atoms with Gasteiger partial charge < -0.3 is 9.64 Å². The Morgan fingerprint density at radius 2 is 1.97 bits per heavy atom. The zero-order valence-corrected chi connectivity index (χ0v) is 18.2. The molecule has 4 rings (SSSR count). The Bertz CT molecular complexity index is 1150. The summed E-state index contributed by atoms with van der Waals surface area (Å²) in [7, 11) is 0. The predicted octanol–water partition coefficient (Wildman–Crippen LogP) is 6.33. The molecule has 1 aromatic carbocycles. The molecule has 1 saturated heterocycles. The highest BCUT2D eigenvalue weighted by Gasteiger charge is 2.18. The van der Waals surface area contributed by atoms with E-state index in [1.54, 1.807) is 23.5 Å². The van der Waals surface area contributed by atoms with E-state index in [0.717, 1.165) is 34.4 Å². The van der Waals surface area contributed by atoms with Crippen LogP contribution in [-0.2, 0) is 4.74 Å².